The van der Waals surface area contributed by atoms with Gasteiger partial charge in [0.25, 0.3) is 0 Å². The largest absolute Gasteiger partial charge is 0.387 e. The highest BCUT2D eigenvalue weighted by Gasteiger charge is 2.46. The molecule has 14 nitrogen and oxygen atoms in total. The summed E-state index contributed by atoms with van der Waals surface area (Å²) in [6.45, 7) is 0.630. The van der Waals surface area contributed by atoms with Crippen molar-refractivity contribution in [1.29, 1.82) is 0 Å². The van der Waals surface area contributed by atoms with E-state index in [1.54, 1.807) is 0 Å². The van der Waals surface area contributed by atoms with E-state index in [2.05, 4.69) is 38.1 Å². The predicted molar refractivity (Wildman–Crippen MR) is 151 cm³/mol. The first kappa shape index (κ1) is 30.1. The van der Waals surface area contributed by atoms with Gasteiger partial charge in [0.1, 0.15) is 18.3 Å². The van der Waals surface area contributed by atoms with Crippen molar-refractivity contribution in [3.05, 3.63) is 47.0 Å². The van der Waals surface area contributed by atoms with Crippen molar-refractivity contribution < 1.29 is 43.3 Å². The van der Waals surface area contributed by atoms with Crippen LogP contribution in [0.2, 0.25) is 5.28 Å². The number of nitrogens with zero attached hydrogens (tertiary/aromatic N) is 5. The molecule has 6 rings (SSSR count). The van der Waals surface area contributed by atoms with Crippen LogP contribution in [0.3, 0.4) is 0 Å². The highest BCUT2D eigenvalue weighted by molar-refractivity contribution is 7.70. The van der Waals surface area contributed by atoms with Gasteiger partial charge in [0.2, 0.25) is 5.28 Å². The number of anilines is 1. The number of hydrogen-bond donors (Lipinski definition) is 5. The van der Waals surface area contributed by atoms with Crippen LogP contribution in [-0.2, 0) is 30.4 Å². The second-order valence-corrected chi connectivity index (χ2v) is 15.6. The number of ether oxygens (including phenoxy) is 1. The number of benzene rings is 1. The summed E-state index contributed by atoms with van der Waals surface area (Å²) in [4.78, 5) is 43.4. The average molecular weight is 644 g/mol. The highest BCUT2D eigenvalue weighted by Crippen LogP contribution is 2.55. The maximum atomic E-state index is 12.1. The van der Waals surface area contributed by atoms with Crippen LogP contribution in [-0.4, -0.2) is 81.8 Å². The summed E-state index contributed by atoms with van der Waals surface area (Å²) < 4.78 is 35.2. The highest BCUT2D eigenvalue weighted by atomic mass is 35.5. The maximum absolute atomic E-state index is 12.1. The van der Waals surface area contributed by atoms with E-state index in [1.807, 2.05) is 6.07 Å². The molecule has 228 valence electrons. The molecule has 5 N–H and O–H groups in total. The normalized spacial score (nSPS) is 27.3. The fourth-order valence-corrected chi connectivity index (χ4v) is 9.27. The van der Waals surface area contributed by atoms with E-state index in [-0.39, 0.29) is 16.3 Å². The van der Waals surface area contributed by atoms with Gasteiger partial charge < -0.3 is 39.1 Å². The van der Waals surface area contributed by atoms with Crippen LogP contribution in [0, 0.1) is 0 Å². The van der Waals surface area contributed by atoms with Crippen molar-refractivity contribution in [3.8, 4) is 0 Å². The van der Waals surface area contributed by atoms with Gasteiger partial charge in [0.05, 0.1) is 12.9 Å². The van der Waals surface area contributed by atoms with Gasteiger partial charge in [0, 0.05) is 18.5 Å². The Bertz CT molecular complexity index is 1580. The molecule has 2 aromatic heterocycles. The van der Waals surface area contributed by atoms with Crippen molar-refractivity contribution in [3.63, 3.8) is 0 Å². The molecule has 0 radical (unpaired) electrons. The fraction of sp³-hybridized carbons (Fsp3) is 0.560. The second-order valence-electron chi connectivity index (χ2n) is 11.3. The minimum atomic E-state index is -4.84. The lowest BCUT2D eigenvalue weighted by molar-refractivity contribution is -0.0483. The zero-order valence-corrected chi connectivity index (χ0v) is 25.0. The summed E-state index contributed by atoms with van der Waals surface area (Å²) in [6, 6.07) is 8.47. The molecule has 2 fully saturated rings. The lowest BCUT2D eigenvalue weighted by Gasteiger charge is -2.47. The van der Waals surface area contributed by atoms with Crippen LogP contribution < -0.4 is 4.90 Å². The number of halogens is 1. The van der Waals surface area contributed by atoms with Crippen LogP contribution in [0.15, 0.2) is 30.6 Å². The molecular formula is C25H32ClN5O9P2. The Hall–Kier alpha value is -1.96. The van der Waals surface area contributed by atoms with E-state index >= 15 is 0 Å². The van der Waals surface area contributed by atoms with Gasteiger partial charge >= 0.3 is 15.2 Å². The van der Waals surface area contributed by atoms with Crippen LogP contribution in [0.5, 0.6) is 0 Å². The molecule has 2 unspecified atom stereocenters. The molecule has 1 spiro atoms. The molecular weight excluding hydrogens is 612 g/mol. The Morgan fingerprint density at radius 1 is 1.07 bits per heavy atom. The van der Waals surface area contributed by atoms with E-state index in [9.17, 15) is 24.2 Å². The van der Waals surface area contributed by atoms with Gasteiger partial charge in [-0.25, -0.2) is 4.98 Å². The van der Waals surface area contributed by atoms with Crippen molar-refractivity contribution in [2.45, 2.75) is 68.6 Å². The fourth-order valence-electron chi connectivity index (χ4n) is 6.54. The molecule has 0 amide bonds. The van der Waals surface area contributed by atoms with Gasteiger partial charge in [-0.05, 0) is 35.6 Å². The Kier molecular flexibility index (Phi) is 8.02. The quantitative estimate of drug-likeness (QED) is 0.186. The summed E-state index contributed by atoms with van der Waals surface area (Å²) in [5.74, 6) is -0.851. The molecule has 1 saturated carbocycles. The molecule has 1 aromatic carbocycles. The second kappa shape index (κ2) is 11.2. The molecule has 3 aromatic rings. The number of imidazole rings is 1. The molecule has 42 heavy (non-hydrogen) atoms. The van der Waals surface area contributed by atoms with Crippen molar-refractivity contribution in [2.24, 2.45) is 0 Å². The first-order valence-electron chi connectivity index (χ1n) is 13.6. The number of rotatable bonds is 7. The van der Waals surface area contributed by atoms with Crippen molar-refractivity contribution >= 4 is 43.8 Å². The third kappa shape index (κ3) is 5.78. The Morgan fingerprint density at radius 3 is 2.55 bits per heavy atom. The SMILES string of the molecule is O=P(O)(O)CP(=O)(O)OC[C@H]1O[C@@H](n2cnc3c(N4Cc5ccccc5C5(CCCCC5)C4)nc(Cl)nc32)C(O)[C@H]1O. The zero-order valence-electron chi connectivity index (χ0n) is 22.4. The number of fused-ring (bicyclic) bond motifs is 3. The van der Waals surface area contributed by atoms with Crippen molar-refractivity contribution in [1.82, 2.24) is 19.5 Å². The molecule has 17 heteroatoms. The van der Waals surface area contributed by atoms with Crippen LogP contribution in [0.25, 0.3) is 11.2 Å². The van der Waals surface area contributed by atoms with Crippen LogP contribution >= 0.6 is 26.8 Å². The number of aromatic nitrogens is 4. The van der Waals surface area contributed by atoms with Gasteiger partial charge in [-0.3, -0.25) is 13.7 Å². The van der Waals surface area contributed by atoms with E-state index in [1.165, 1.54) is 28.4 Å². The third-order valence-corrected chi connectivity index (χ3v) is 12.0. The maximum Gasteiger partial charge on any atom is 0.340 e. The lowest BCUT2D eigenvalue weighted by atomic mass is 9.66. The predicted octanol–water partition coefficient (Wildman–Crippen LogP) is 2.66. The topological polar surface area (TPSA) is 201 Å². The smallest absolute Gasteiger partial charge is 0.340 e. The van der Waals surface area contributed by atoms with E-state index in [4.69, 9.17) is 30.6 Å². The van der Waals surface area contributed by atoms with Crippen LogP contribution in [0.1, 0.15) is 49.5 Å². The third-order valence-electron chi connectivity index (χ3n) is 8.34. The molecule has 4 heterocycles. The summed E-state index contributed by atoms with van der Waals surface area (Å²) in [6.07, 6.45) is 1.44. The molecule has 2 aliphatic heterocycles. The van der Waals surface area contributed by atoms with E-state index < -0.39 is 52.2 Å². The first-order valence-corrected chi connectivity index (χ1v) is 17.6. The van der Waals surface area contributed by atoms with Gasteiger partial charge in [0.15, 0.2) is 29.1 Å². The summed E-state index contributed by atoms with van der Waals surface area (Å²) >= 11 is 6.42. The minimum absolute atomic E-state index is 0.0204. The van der Waals surface area contributed by atoms with Crippen LogP contribution in [0.4, 0.5) is 5.82 Å². The molecule has 1 aliphatic carbocycles. The summed E-state index contributed by atoms with van der Waals surface area (Å²) in [7, 11) is -9.54. The van der Waals surface area contributed by atoms with E-state index in [0.717, 1.165) is 32.2 Å². The molecule has 3 aliphatic rings. The Morgan fingerprint density at radius 2 is 1.81 bits per heavy atom. The van der Waals surface area contributed by atoms with Gasteiger partial charge in [-0.1, -0.05) is 43.5 Å². The summed E-state index contributed by atoms with van der Waals surface area (Å²) in [5, 5.41) is 21.4. The average Bonchev–Trinajstić information content (AvgIpc) is 3.46. The number of aliphatic hydroxyl groups excluding tert-OH is 2. The molecule has 5 atom stereocenters. The first-order chi connectivity index (χ1) is 19.9. The Labute approximate surface area is 246 Å². The number of hydrogen-bond acceptors (Lipinski definition) is 10. The van der Waals surface area contributed by atoms with E-state index in [0.29, 0.717) is 17.9 Å². The minimum Gasteiger partial charge on any atom is -0.387 e. The van der Waals surface area contributed by atoms with Crippen molar-refractivity contribution in [2.75, 3.05) is 24.0 Å². The summed E-state index contributed by atoms with van der Waals surface area (Å²) in [5.41, 5.74) is 3.26. The molecule has 0 bridgehead atoms. The van der Waals surface area contributed by atoms with Gasteiger partial charge in [-0.15, -0.1) is 0 Å². The standard InChI is InChI=1S/C25H32ClN5O9P2/c26-24-28-21(30-10-15-6-2-3-7-16(15)25(12-30)8-4-1-5-9-25)18-22(29-24)31(13-27-18)23-20(33)19(32)17(40-23)11-39-42(37,38)14-41(34,35)36/h2-3,6-7,13,17,19-20,23,32-33H,1,4-5,8-12,14H2,(H,37,38)(H2,34,35,36)/t17-,19+,20?,23-/m1/s1. The molecule has 1 saturated heterocycles. The number of aliphatic hydroxyl groups is 2. The van der Waals surface area contributed by atoms with Gasteiger partial charge in [-0.2, -0.15) is 9.97 Å². The lowest BCUT2D eigenvalue weighted by Crippen LogP contribution is -2.47. The zero-order chi connectivity index (χ0) is 29.9. The monoisotopic (exact) mass is 643 g/mol. The Balaban J connectivity index is 1.29.